The lowest BCUT2D eigenvalue weighted by molar-refractivity contribution is 1.32. The fourth-order valence-corrected chi connectivity index (χ4v) is 7.97. The Labute approximate surface area is 352 Å². The first kappa shape index (κ1) is 36.5. The van der Waals surface area contributed by atoms with Crippen LogP contribution in [-0.2, 0) is 0 Å². The summed E-state index contributed by atoms with van der Waals surface area (Å²) < 4.78 is 0. The van der Waals surface area contributed by atoms with Crippen LogP contribution in [0.3, 0.4) is 0 Å². The number of pyridine rings is 1. The van der Waals surface area contributed by atoms with E-state index in [4.69, 9.17) is 4.98 Å². The maximum Gasteiger partial charge on any atom is 0.0715 e. The van der Waals surface area contributed by atoms with Gasteiger partial charge in [-0.05, 0) is 90.0 Å². The predicted octanol–water partition coefficient (Wildman–Crippen LogP) is 16.1. The van der Waals surface area contributed by atoms with E-state index in [-0.39, 0.29) is 0 Å². The van der Waals surface area contributed by atoms with Crippen molar-refractivity contribution in [3.8, 4) is 100 Å². The largest absolute Gasteiger partial charge is 0.248 e. The molecule has 1 nitrogen and oxygen atoms in total. The number of nitrogens with zero attached hydrogens (tertiary/aromatic N) is 1. The predicted molar refractivity (Wildman–Crippen MR) is 253 cm³/mol. The van der Waals surface area contributed by atoms with Crippen LogP contribution in [0.4, 0.5) is 0 Å². The molecule has 0 aliphatic rings. The maximum absolute atomic E-state index is 5.29. The molecule has 0 saturated heterocycles. The number of hydrogen-bond acceptors (Lipinski definition) is 1. The molecule has 1 aromatic heterocycles. The second-order valence-electron chi connectivity index (χ2n) is 15.2. The summed E-state index contributed by atoms with van der Waals surface area (Å²) in [6, 6.07) is 89.0. The molecule has 9 aromatic carbocycles. The van der Waals surface area contributed by atoms with Gasteiger partial charge < -0.3 is 0 Å². The second-order valence-corrected chi connectivity index (χ2v) is 15.2. The second kappa shape index (κ2) is 16.5. The van der Waals surface area contributed by atoms with Gasteiger partial charge in [-0.15, -0.1) is 0 Å². The summed E-state index contributed by atoms with van der Waals surface area (Å²) in [4.78, 5) is 5.29. The van der Waals surface area contributed by atoms with Gasteiger partial charge in [-0.1, -0.05) is 237 Å². The van der Waals surface area contributed by atoms with Crippen molar-refractivity contribution in [2.24, 2.45) is 0 Å². The lowest BCUT2D eigenvalue weighted by Crippen LogP contribution is -1.92. The Morgan fingerprint density at radius 2 is 0.317 bits per heavy atom. The molecule has 0 saturated carbocycles. The van der Waals surface area contributed by atoms with Gasteiger partial charge in [0.1, 0.15) is 0 Å². The van der Waals surface area contributed by atoms with Gasteiger partial charge >= 0.3 is 0 Å². The summed E-state index contributed by atoms with van der Waals surface area (Å²) in [5, 5.41) is 0. The fraction of sp³-hybridized carbons (Fsp3) is 0. The summed E-state index contributed by atoms with van der Waals surface area (Å²) in [5.41, 5.74) is 20.7. The lowest BCUT2D eigenvalue weighted by Gasteiger charge is -2.12. The Balaban J connectivity index is 0.960. The van der Waals surface area contributed by atoms with Crippen LogP contribution in [0.25, 0.3) is 100 Å². The number of hydrogen-bond donors (Lipinski definition) is 0. The molecular formula is C59H41N. The van der Waals surface area contributed by atoms with Crippen molar-refractivity contribution >= 4 is 0 Å². The lowest BCUT2D eigenvalue weighted by atomic mass is 9.95. The Kier molecular flexibility index (Phi) is 10.1. The zero-order valence-electron chi connectivity index (χ0n) is 33.1. The molecule has 0 fully saturated rings. The molecule has 0 N–H and O–H groups in total. The molecule has 10 rings (SSSR count). The zero-order chi connectivity index (χ0) is 40.1. The molecule has 0 radical (unpaired) electrons. The molecule has 0 unspecified atom stereocenters. The van der Waals surface area contributed by atoms with Crippen molar-refractivity contribution in [1.82, 2.24) is 4.98 Å². The van der Waals surface area contributed by atoms with Crippen LogP contribution in [0.5, 0.6) is 0 Å². The normalized spacial score (nSPS) is 11.0. The van der Waals surface area contributed by atoms with Crippen LogP contribution in [0.15, 0.2) is 249 Å². The Morgan fingerprint density at radius 3 is 0.533 bits per heavy atom. The van der Waals surface area contributed by atoms with Gasteiger partial charge in [0.2, 0.25) is 0 Å². The van der Waals surface area contributed by atoms with E-state index < -0.39 is 0 Å². The van der Waals surface area contributed by atoms with E-state index in [1.165, 1.54) is 66.8 Å². The zero-order valence-corrected chi connectivity index (χ0v) is 33.1. The summed E-state index contributed by atoms with van der Waals surface area (Å²) in [7, 11) is 0. The highest BCUT2D eigenvalue weighted by atomic mass is 14.7. The molecule has 1 heteroatoms. The van der Waals surface area contributed by atoms with Gasteiger partial charge in [0.15, 0.2) is 0 Å². The molecule has 10 aromatic rings. The highest BCUT2D eigenvalue weighted by Crippen LogP contribution is 2.35. The molecule has 60 heavy (non-hydrogen) atoms. The molecule has 0 atom stereocenters. The fourth-order valence-electron chi connectivity index (χ4n) is 7.97. The van der Waals surface area contributed by atoms with Gasteiger partial charge in [-0.2, -0.15) is 0 Å². The summed E-state index contributed by atoms with van der Waals surface area (Å²) in [6.07, 6.45) is 0. The van der Waals surface area contributed by atoms with E-state index in [0.29, 0.717) is 0 Å². The van der Waals surface area contributed by atoms with E-state index in [0.717, 1.165) is 33.6 Å². The minimum atomic E-state index is 0.939. The molecule has 1 heterocycles. The quantitative estimate of drug-likeness (QED) is 0.143. The smallest absolute Gasteiger partial charge is 0.0715 e. The molecule has 282 valence electrons. The number of rotatable bonds is 9. The van der Waals surface area contributed by atoms with Gasteiger partial charge in [0, 0.05) is 11.1 Å². The molecule has 0 spiro atoms. The Hall–Kier alpha value is -7.87. The third-order valence-electron chi connectivity index (χ3n) is 11.4. The molecule has 0 amide bonds. The van der Waals surface area contributed by atoms with Crippen LogP contribution in [0, 0.1) is 0 Å². The first-order valence-corrected chi connectivity index (χ1v) is 20.5. The van der Waals surface area contributed by atoms with Gasteiger partial charge in [-0.3, -0.25) is 0 Å². The van der Waals surface area contributed by atoms with Gasteiger partial charge in [0.05, 0.1) is 11.4 Å². The van der Waals surface area contributed by atoms with Crippen LogP contribution < -0.4 is 0 Å². The van der Waals surface area contributed by atoms with Crippen molar-refractivity contribution in [1.29, 1.82) is 0 Å². The van der Waals surface area contributed by atoms with Crippen molar-refractivity contribution in [3.05, 3.63) is 249 Å². The highest BCUT2D eigenvalue weighted by molar-refractivity contribution is 5.81. The van der Waals surface area contributed by atoms with Crippen molar-refractivity contribution < 1.29 is 0 Å². The van der Waals surface area contributed by atoms with Crippen LogP contribution in [0.1, 0.15) is 0 Å². The molecule has 0 bridgehead atoms. The van der Waals surface area contributed by atoms with Gasteiger partial charge in [0.25, 0.3) is 0 Å². The SMILES string of the molecule is c1ccc(-c2ccc(-c3ccc(-c4cc(-c5ccc(-c6ccc(-c7ccccc7)cc6)cc5)nc(-c5ccc(-c6ccc(-c7ccccc7)cc6)cc5)c4)cc3)cc2)cc1. The Bertz CT molecular complexity index is 2620. The van der Waals surface area contributed by atoms with Gasteiger partial charge in [-0.25, -0.2) is 4.98 Å². The first-order chi connectivity index (χ1) is 29.7. The molecular weight excluding hydrogens is 723 g/mol. The minimum absolute atomic E-state index is 0.939. The average molecular weight is 764 g/mol. The standard InChI is InChI=1S/C59H41N/c1-4-10-42(11-5-1)45-16-22-48(23-17-45)51-28-30-54(31-29-51)57-40-58(55-36-32-52(33-37-55)49-24-18-46(19-25-49)43-12-6-2-7-13-43)60-59(41-57)56-38-34-53(35-39-56)50-26-20-47(21-27-50)44-14-8-3-9-15-44/h1-41H. The minimum Gasteiger partial charge on any atom is -0.248 e. The average Bonchev–Trinajstić information content (AvgIpc) is 3.35. The summed E-state index contributed by atoms with van der Waals surface area (Å²) >= 11 is 0. The number of aromatic nitrogens is 1. The maximum atomic E-state index is 5.29. The van der Waals surface area contributed by atoms with Crippen molar-refractivity contribution in [2.75, 3.05) is 0 Å². The van der Waals surface area contributed by atoms with E-state index in [1.54, 1.807) is 0 Å². The molecule has 0 aliphatic heterocycles. The number of benzene rings is 9. The van der Waals surface area contributed by atoms with E-state index in [9.17, 15) is 0 Å². The van der Waals surface area contributed by atoms with E-state index >= 15 is 0 Å². The monoisotopic (exact) mass is 763 g/mol. The third-order valence-corrected chi connectivity index (χ3v) is 11.4. The van der Waals surface area contributed by atoms with Crippen LogP contribution in [-0.4, -0.2) is 4.98 Å². The first-order valence-electron chi connectivity index (χ1n) is 20.5. The molecule has 0 aliphatic carbocycles. The van der Waals surface area contributed by atoms with Crippen molar-refractivity contribution in [2.45, 2.75) is 0 Å². The summed E-state index contributed by atoms with van der Waals surface area (Å²) in [5.74, 6) is 0. The summed E-state index contributed by atoms with van der Waals surface area (Å²) in [6.45, 7) is 0. The van der Waals surface area contributed by atoms with Crippen LogP contribution in [0.2, 0.25) is 0 Å². The third kappa shape index (κ3) is 7.85. The van der Waals surface area contributed by atoms with Crippen LogP contribution >= 0.6 is 0 Å². The topological polar surface area (TPSA) is 12.9 Å². The van der Waals surface area contributed by atoms with Crippen molar-refractivity contribution in [3.63, 3.8) is 0 Å². The van der Waals surface area contributed by atoms with E-state index in [1.807, 2.05) is 0 Å². The highest BCUT2D eigenvalue weighted by Gasteiger charge is 2.12. The Morgan fingerprint density at radius 1 is 0.150 bits per heavy atom. The van der Waals surface area contributed by atoms with E-state index in [2.05, 4.69) is 249 Å².